The summed E-state index contributed by atoms with van der Waals surface area (Å²) in [7, 11) is 1.43. The van der Waals surface area contributed by atoms with Gasteiger partial charge in [-0.05, 0) is 30.3 Å². The lowest BCUT2D eigenvalue weighted by Gasteiger charge is -2.18. The molecule has 0 aliphatic heterocycles. The van der Waals surface area contributed by atoms with Crippen molar-refractivity contribution in [1.29, 1.82) is 0 Å². The van der Waals surface area contributed by atoms with Crippen molar-refractivity contribution in [1.82, 2.24) is 0 Å². The van der Waals surface area contributed by atoms with Crippen LogP contribution in [0.4, 0.5) is 10.1 Å². The van der Waals surface area contributed by atoms with Gasteiger partial charge in [-0.2, -0.15) is 0 Å². The lowest BCUT2D eigenvalue weighted by molar-refractivity contribution is 0.0987. The Morgan fingerprint density at radius 3 is 2.26 bits per heavy atom. The first-order valence-electron chi connectivity index (χ1n) is 5.55. The van der Waals surface area contributed by atoms with Gasteiger partial charge in [0.15, 0.2) is 0 Å². The van der Waals surface area contributed by atoms with Crippen LogP contribution in [0.2, 0.25) is 0 Å². The second-order valence-corrected chi connectivity index (χ2v) is 4.02. The normalized spacial score (nSPS) is 10.2. The van der Waals surface area contributed by atoms with E-state index in [0.717, 1.165) is 4.90 Å². The number of hydrogen-bond acceptors (Lipinski definition) is 3. The fourth-order valence-electron chi connectivity index (χ4n) is 1.72. The minimum absolute atomic E-state index is 0.214. The number of amides is 1. The molecular formula is C14H12FNO3. The van der Waals surface area contributed by atoms with Crippen molar-refractivity contribution in [3.05, 3.63) is 53.8 Å². The van der Waals surface area contributed by atoms with Gasteiger partial charge in [0, 0.05) is 12.7 Å². The molecule has 0 unspecified atom stereocenters. The second kappa shape index (κ2) is 4.97. The lowest BCUT2D eigenvalue weighted by Crippen LogP contribution is -2.26. The van der Waals surface area contributed by atoms with Crippen LogP contribution in [0.5, 0.6) is 11.5 Å². The van der Waals surface area contributed by atoms with Crippen LogP contribution in [0.25, 0.3) is 0 Å². The smallest absolute Gasteiger partial charge is 0.265 e. The summed E-state index contributed by atoms with van der Waals surface area (Å²) in [6.07, 6.45) is 0. The topological polar surface area (TPSA) is 60.8 Å². The van der Waals surface area contributed by atoms with Crippen molar-refractivity contribution in [2.75, 3.05) is 11.9 Å². The molecular weight excluding hydrogens is 249 g/mol. The van der Waals surface area contributed by atoms with Crippen LogP contribution in [0.3, 0.4) is 0 Å². The zero-order chi connectivity index (χ0) is 14.0. The molecule has 0 aliphatic carbocycles. The van der Waals surface area contributed by atoms with E-state index in [2.05, 4.69) is 0 Å². The van der Waals surface area contributed by atoms with E-state index in [0.29, 0.717) is 5.69 Å². The predicted molar refractivity (Wildman–Crippen MR) is 68.9 cm³/mol. The van der Waals surface area contributed by atoms with Gasteiger partial charge in [-0.3, -0.25) is 4.79 Å². The Bertz CT molecular complexity index is 608. The standard InChI is InChI=1S/C14H12FNO3/c1-16(10-5-2-4-9(15)8-10)14(19)13-11(17)6-3-7-12(13)18/h2-8,17-18H,1H3. The lowest BCUT2D eigenvalue weighted by atomic mass is 10.1. The van der Waals surface area contributed by atoms with Gasteiger partial charge in [0.25, 0.3) is 5.91 Å². The van der Waals surface area contributed by atoms with Gasteiger partial charge in [-0.15, -0.1) is 0 Å². The largest absolute Gasteiger partial charge is 0.507 e. The van der Waals surface area contributed by atoms with Crippen molar-refractivity contribution in [3.8, 4) is 11.5 Å². The number of carbonyl (C=O) groups is 1. The van der Waals surface area contributed by atoms with E-state index >= 15 is 0 Å². The third-order valence-electron chi connectivity index (χ3n) is 2.73. The van der Waals surface area contributed by atoms with Gasteiger partial charge < -0.3 is 15.1 Å². The van der Waals surface area contributed by atoms with Crippen LogP contribution in [-0.2, 0) is 0 Å². The number of aromatic hydroxyl groups is 2. The first-order chi connectivity index (χ1) is 9.00. The summed E-state index contributed by atoms with van der Waals surface area (Å²) in [5.74, 6) is -1.75. The summed E-state index contributed by atoms with van der Waals surface area (Å²) in [5, 5.41) is 19.3. The number of phenols is 2. The average molecular weight is 261 g/mol. The molecule has 98 valence electrons. The molecule has 0 saturated heterocycles. The zero-order valence-corrected chi connectivity index (χ0v) is 10.2. The number of hydrogen-bond donors (Lipinski definition) is 2. The van der Waals surface area contributed by atoms with Crippen molar-refractivity contribution < 1.29 is 19.4 Å². The van der Waals surface area contributed by atoms with Gasteiger partial charge in [0.05, 0.1) is 0 Å². The molecule has 5 heteroatoms. The zero-order valence-electron chi connectivity index (χ0n) is 10.2. The minimum atomic E-state index is -0.624. The van der Waals surface area contributed by atoms with Crippen LogP contribution in [0.1, 0.15) is 10.4 Å². The Labute approximate surface area is 109 Å². The molecule has 4 nitrogen and oxygen atoms in total. The Hall–Kier alpha value is -2.56. The van der Waals surface area contributed by atoms with Crippen molar-refractivity contribution >= 4 is 11.6 Å². The number of phenolic OH excluding ortho intramolecular Hbond substituents is 2. The summed E-state index contributed by atoms with van der Waals surface area (Å²) < 4.78 is 13.1. The first kappa shape index (κ1) is 12.9. The molecule has 2 rings (SSSR count). The van der Waals surface area contributed by atoms with Gasteiger partial charge in [0.2, 0.25) is 0 Å². The maximum Gasteiger partial charge on any atom is 0.265 e. The molecule has 0 aromatic heterocycles. The third-order valence-corrected chi connectivity index (χ3v) is 2.73. The number of anilines is 1. The summed E-state index contributed by atoms with van der Waals surface area (Å²) in [4.78, 5) is 13.3. The van der Waals surface area contributed by atoms with E-state index in [1.165, 1.54) is 43.4 Å². The van der Waals surface area contributed by atoms with E-state index in [-0.39, 0.29) is 17.1 Å². The Morgan fingerprint density at radius 1 is 1.11 bits per heavy atom. The molecule has 0 radical (unpaired) electrons. The molecule has 0 atom stereocenters. The molecule has 0 fully saturated rings. The monoisotopic (exact) mass is 261 g/mol. The fourth-order valence-corrected chi connectivity index (χ4v) is 1.72. The Balaban J connectivity index is 2.39. The van der Waals surface area contributed by atoms with Gasteiger partial charge in [-0.25, -0.2) is 4.39 Å². The van der Waals surface area contributed by atoms with Crippen LogP contribution in [-0.4, -0.2) is 23.2 Å². The third kappa shape index (κ3) is 2.49. The fraction of sp³-hybridized carbons (Fsp3) is 0.0714. The van der Waals surface area contributed by atoms with Gasteiger partial charge in [0.1, 0.15) is 22.9 Å². The van der Waals surface area contributed by atoms with Gasteiger partial charge >= 0.3 is 0 Å². The van der Waals surface area contributed by atoms with Crippen LogP contribution in [0.15, 0.2) is 42.5 Å². The summed E-state index contributed by atoms with van der Waals surface area (Å²) in [5.41, 5.74) is 0.113. The Morgan fingerprint density at radius 2 is 1.68 bits per heavy atom. The molecule has 0 heterocycles. The number of rotatable bonds is 2. The van der Waals surface area contributed by atoms with E-state index in [1.807, 2.05) is 0 Å². The Kier molecular flexibility index (Phi) is 3.37. The molecule has 0 bridgehead atoms. The average Bonchev–Trinajstić information content (AvgIpc) is 2.37. The van der Waals surface area contributed by atoms with Crippen LogP contribution >= 0.6 is 0 Å². The maximum atomic E-state index is 13.1. The van der Waals surface area contributed by atoms with Crippen molar-refractivity contribution in [2.45, 2.75) is 0 Å². The van der Waals surface area contributed by atoms with Crippen molar-refractivity contribution in [2.24, 2.45) is 0 Å². The molecule has 19 heavy (non-hydrogen) atoms. The van der Waals surface area contributed by atoms with E-state index in [9.17, 15) is 19.4 Å². The van der Waals surface area contributed by atoms with E-state index in [4.69, 9.17) is 0 Å². The SMILES string of the molecule is CN(C(=O)c1c(O)cccc1O)c1cccc(F)c1. The number of nitrogens with zero attached hydrogens (tertiary/aromatic N) is 1. The number of halogens is 1. The number of benzene rings is 2. The summed E-state index contributed by atoms with van der Waals surface area (Å²) >= 11 is 0. The molecule has 2 aromatic rings. The maximum absolute atomic E-state index is 13.1. The second-order valence-electron chi connectivity index (χ2n) is 4.02. The molecule has 2 aromatic carbocycles. The minimum Gasteiger partial charge on any atom is -0.507 e. The summed E-state index contributed by atoms with van der Waals surface area (Å²) in [6, 6.07) is 9.49. The van der Waals surface area contributed by atoms with E-state index in [1.54, 1.807) is 6.07 Å². The molecule has 2 N–H and O–H groups in total. The van der Waals surface area contributed by atoms with Gasteiger partial charge in [-0.1, -0.05) is 12.1 Å². The summed E-state index contributed by atoms with van der Waals surface area (Å²) in [6.45, 7) is 0. The molecule has 0 aliphatic rings. The highest BCUT2D eigenvalue weighted by Gasteiger charge is 2.21. The van der Waals surface area contributed by atoms with E-state index < -0.39 is 11.7 Å². The quantitative estimate of drug-likeness (QED) is 0.873. The number of carbonyl (C=O) groups excluding carboxylic acids is 1. The highest BCUT2D eigenvalue weighted by molar-refractivity contribution is 6.09. The molecule has 0 spiro atoms. The predicted octanol–water partition coefficient (Wildman–Crippen LogP) is 2.51. The van der Waals surface area contributed by atoms with Crippen molar-refractivity contribution in [3.63, 3.8) is 0 Å². The highest BCUT2D eigenvalue weighted by Crippen LogP contribution is 2.29. The molecule has 0 saturated carbocycles. The van der Waals surface area contributed by atoms with Crippen LogP contribution in [0, 0.1) is 5.82 Å². The van der Waals surface area contributed by atoms with Crippen LogP contribution < -0.4 is 4.90 Å². The first-order valence-corrected chi connectivity index (χ1v) is 5.55. The highest BCUT2D eigenvalue weighted by atomic mass is 19.1. The molecule has 1 amide bonds.